The van der Waals surface area contributed by atoms with E-state index in [1.165, 1.54) is 0 Å². The van der Waals surface area contributed by atoms with Gasteiger partial charge in [-0.25, -0.2) is 0 Å². The maximum atomic E-state index is 12.6. The van der Waals surface area contributed by atoms with E-state index in [2.05, 4.69) is 10.6 Å². The number of nitrogens with zero attached hydrogens (tertiary/aromatic N) is 1. The molecule has 0 saturated carbocycles. The number of amides is 2. The van der Waals surface area contributed by atoms with Crippen LogP contribution in [0, 0.1) is 0 Å². The van der Waals surface area contributed by atoms with Gasteiger partial charge in [-0.2, -0.15) is 0 Å². The first-order valence-electron chi connectivity index (χ1n) is 9.20. The maximum absolute atomic E-state index is 12.6. The third kappa shape index (κ3) is 4.22. The summed E-state index contributed by atoms with van der Waals surface area (Å²) >= 11 is 0. The van der Waals surface area contributed by atoms with Gasteiger partial charge in [-0.15, -0.1) is 0 Å². The van der Waals surface area contributed by atoms with Crippen molar-refractivity contribution in [2.24, 2.45) is 0 Å². The third-order valence-electron chi connectivity index (χ3n) is 4.58. The molecule has 2 N–H and O–H groups in total. The molecule has 142 valence electrons. The van der Waals surface area contributed by atoms with Crippen molar-refractivity contribution in [3.63, 3.8) is 0 Å². The van der Waals surface area contributed by atoms with Crippen LogP contribution in [-0.4, -0.2) is 31.0 Å². The smallest absolute Gasteiger partial charge is 0.246 e. The van der Waals surface area contributed by atoms with Crippen LogP contribution < -0.4 is 20.3 Å². The fraction of sp³-hybridized carbons (Fsp3) is 0.333. The molecular weight excluding hydrogens is 342 g/mol. The van der Waals surface area contributed by atoms with Gasteiger partial charge in [-0.1, -0.05) is 12.1 Å². The summed E-state index contributed by atoms with van der Waals surface area (Å²) in [4.78, 5) is 26.0. The number of hydrogen-bond donors (Lipinski definition) is 2. The molecule has 0 aromatic heterocycles. The van der Waals surface area contributed by atoms with Crippen molar-refractivity contribution in [3.05, 3.63) is 48.0 Å². The quantitative estimate of drug-likeness (QED) is 0.821. The van der Waals surface area contributed by atoms with E-state index in [0.29, 0.717) is 24.6 Å². The lowest BCUT2D eigenvalue weighted by Gasteiger charge is -2.18. The molecule has 0 radical (unpaired) electrons. The predicted molar refractivity (Wildman–Crippen MR) is 107 cm³/mol. The van der Waals surface area contributed by atoms with E-state index >= 15 is 0 Å². The average molecular weight is 367 g/mol. The minimum Gasteiger partial charge on any atom is -0.492 e. The van der Waals surface area contributed by atoms with Crippen LogP contribution in [-0.2, 0) is 16.0 Å². The first kappa shape index (κ1) is 18.8. The number of carbonyl (C=O) groups is 2. The summed E-state index contributed by atoms with van der Waals surface area (Å²) in [6.45, 7) is 6.54. The fourth-order valence-corrected chi connectivity index (χ4v) is 3.23. The van der Waals surface area contributed by atoms with Gasteiger partial charge in [0.25, 0.3) is 0 Å². The fourth-order valence-electron chi connectivity index (χ4n) is 3.23. The van der Waals surface area contributed by atoms with Gasteiger partial charge < -0.3 is 20.3 Å². The van der Waals surface area contributed by atoms with Crippen molar-refractivity contribution in [3.8, 4) is 5.75 Å². The number of nitrogens with one attached hydrogen (secondary N) is 2. The van der Waals surface area contributed by atoms with Crippen molar-refractivity contribution < 1.29 is 14.3 Å². The van der Waals surface area contributed by atoms with Gasteiger partial charge in [0.05, 0.1) is 12.3 Å². The molecule has 2 aromatic rings. The lowest BCUT2D eigenvalue weighted by Crippen LogP contribution is -2.32. The standard InChI is InChI=1S/C21H25N3O3/c1-4-27-20-8-6-5-7-18(20)23-21(26)14(2)22-17-9-10-19-16(13-17)11-12-24(19)15(3)25/h5-10,13-14,22H,4,11-12H2,1-3H3,(H,23,26)/t14-/m1/s1. The van der Waals surface area contributed by atoms with E-state index in [1.54, 1.807) is 11.8 Å². The molecule has 1 atom stereocenters. The van der Waals surface area contributed by atoms with Crippen molar-refractivity contribution in [2.75, 3.05) is 28.7 Å². The molecular formula is C21H25N3O3. The highest BCUT2D eigenvalue weighted by Gasteiger charge is 2.23. The molecule has 1 aliphatic heterocycles. The Morgan fingerprint density at radius 2 is 2.00 bits per heavy atom. The normalized spacial score (nSPS) is 13.7. The second-order valence-corrected chi connectivity index (χ2v) is 6.55. The highest BCUT2D eigenvalue weighted by molar-refractivity contribution is 5.98. The summed E-state index contributed by atoms with van der Waals surface area (Å²) in [5.74, 6) is 0.561. The van der Waals surface area contributed by atoms with Crippen LogP contribution in [0.15, 0.2) is 42.5 Å². The van der Waals surface area contributed by atoms with Crippen molar-refractivity contribution in [2.45, 2.75) is 33.2 Å². The zero-order chi connectivity index (χ0) is 19.4. The SMILES string of the molecule is CCOc1ccccc1NC(=O)[C@@H](C)Nc1ccc2c(c1)CCN2C(C)=O. The molecule has 3 rings (SSSR count). The zero-order valence-electron chi connectivity index (χ0n) is 15.9. The Bertz CT molecular complexity index is 850. The Balaban J connectivity index is 1.66. The second kappa shape index (κ2) is 8.12. The van der Waals surface area contributed by atoms with Crippen LogP contribution in [0.5, 0.6) is 5.75 Å². The van der Waals surface area contributed by atoms with E-state index < -0.39 is 6.04 Å². The van der Waals surface area contributed by atoms with Gasteiger partial charge in [0.2, 0.25) is 11.8 Å². The number of para-hydroxylation sites is 2. The summed E-state index contributed by atoms with van der Waals surface area (Å²) in [6, 6.07) is 12.8. The number of rotatable bonds is 6. The number of ether oxygens (including phenoxy) is 1. The molecule has 0 aliphatic carbocycles. The van der Waals surface area contributed by atoms with E-state index in [1.807, 2.05) is 56.3 Å². The van der Waals surface area contributed by atoms with Gasteiger partial charge in [0.1, 0.15) is 11.8 Å². The second-order valence-electron chi connectivity index (χ2n) is 6.55. The van der Waals surface area contributed by atoms with Gasteiger partial charge >= 0.3 is 0 Å². The molecule has 1 aliphatic rings. The summed E-state index contributed by atoms with van der Waals surface area (Å²) < 4.78 is 5.55. The topological polar surface area (TPSA) is 70.7 Å². The number of fused-ring (bicyclic) bond motifs is 1. The predicted octanol–water partition coefficient (Wildman–Crippen LogP) is 3.43. The Hall–Kier alpha value is -3.02. The lowest BCUT2D eigenvalue weighted by molar-refractivity contribution is -0.117. The largest absolute Gasteiger partial charge is 0.492 e. The average Bonchev–Trinajstić information content (AvgIpc) is 3.07. The molecule has 6 nitrogen and oxygen atoms in total. The molecule has 2 aromatic carbocycles. The number of benzene rings is 2. The molecule has 27 heavy (non-hydrogen) atoms. The summed E-state index contributed by atoms with van der Waals surface area (Å²) in [6.07, 6.45) is 0.826. The summed E-state index contributed by atoms with van der Waals surface area (Å²) in [5, 5.41) is 6.14. The minimum absolute atomic E-state index is 0.0511. The Kier molecular flexibility index (Phi) is 5.64. The molecule has 0 unspecified atom stereocenters. The summed E-state index contributed by atoms with van der Waals surface area (Å²) in [5.41, 5.74) is 3.59. The van der Waals surface area contributed by atoms with Gasteiger partial charge in [0.15, 0.2) is 0 Å². The third-order valence-corrected chi connectivity index (χ3v) is 4.58. The monoisotopic (exact) mass is 367 g/mol. The van der Waals surface area contributed by atoms with Crippen LogP contribution in [0.3, 0.4) is 0 Å². The Labute approximate surface area is 159 Å². The van der Waals surface area contributed by atoms with Crippen molar-refractivity contribution in [1.29, 1.82) is 0 Å². The maximum Gasteiger partial charge on any atom is 0.246 e. The molecule has 0 saturated heterocycles. The Morgan fingerprint density at radius 1 is 1.22 bits per heavy atom. The highest BCUT2D eigenvalue weighted by atomic mass is 16.5. The van der Waals surface area contributed by atoms with E-state index in [0.717, 1.165) is 23.4 Å². The highest BCUT2D eigenvalue weighted by Crippen LogP contribution is 2.31. The number of anilines is 3. The number of carbonyl (C=O) groups excluding carboxylic acids is 2. The molecule has 1 heterocycles. The number of hydrogen-bond acceptors (Lipinski definition) is 4. The van der Waals surface area contributed by atoms with E-state index in [-0.39, 0.29) is 11.8 Å². The lowest BCUT2D eigenvalue weighted by atomic mass is 10.1. The van der Waals surface area contributed by atoms with Gasteiger partial charge in [-0.05, 0) is 56.2 Å². The first-order chi connectivity index (χ1) is 13.0. The van der Waals surface area contributed by atoms with Crippen LogP contribution in [0.25, 0.3) is 0 Å². The first-order valence-corrected chi connectivity index (χ1v) is 9.20. The van der Waals surface area contributed by atoms with Crippen LogP contribution in [0.1, 0.15) is 26.3 Å². The van der Waals surface area contributed by atoms with E-state index in [9.17, 15) is 9.59 Å². The molecule has 2 amide bonds. The van der Waals surface area contributed by atoms with Crippen molar-refractivity contribution in [1.82, 2.24) is 0 Å². The Morgan fingerprint density at radius 3 is 2.74 bits per heavy atom. The van der Waals surface area contributed by atoms with Crippen LogP contribution >= 0.6 is 0 Å². The van der Waals surface area contributed by atoms with Gasteiger partial charge in [-0.3, -0.25) is 9.59 Å². The van der Waals surface area contributed by atoms with Gasteiger partial charge in [0, 0.05) is 24.8 Å². The van der Waals surface area contributed by atoms with E-state index in [4.69, 9.17) is 4.74 Å². The van der Waals surface area contributed by atoms with Crippen molar-refractivity contribution >= 4 is 28.9 Å². The summed E-state index contributed by atoms with van der Waals surface area (Å²) in [7, 11) is 0. The molecule has 0 bridgehead atoms. The minimum atomic E-state index is -0.428. The molecule has 0 fully saturated rings. The zero-order valence-corrected chi connectivity index (χ0v) is 15.9. The van der Waals surface area contributed by atoms with Crippen LogP contribution in [0.2, 0.25) is 0 Å². The molecule has 0 spiro atoms. The van der Waals surface area contributed by atoms with Crippen LogP contribution in [0.4, 0.5) is 17.1 Å². The molecule has 6 heteroatoms.